The number of esters is 2. The largest absolute Gasteiger partial charge is 1.00 e. The minimum Gasteiger partial charge on any atom is -1.00 e. The molecule has 0 heterocycles. The Morgan fingerprint density at radius 3 is 1.63 bits per heavy atom. The molecule has 0 aromatic rings. The van der Waals surface area contributed by atoms with Gasteiger partial charge < -0.3 is 10.9 Å². The molecule has 0 fully saturated rings. The standard InChI is InChI=1S/C21H40O7S.Na.H/c1-4-6-8-10-12-14-16-27-19(22)18-21(3,29(24,25)26)20(23)28-17-15-13-11-9-7-5-2;;/h4-18H2,1-3H3,(H,24,25,26);;/q;+1;-1. The zero-order chi connectivity index (χ0) is 22.2. The molecule has 0 rings (SSSR count). The summed E-state index contributed by atoms with van der Waals surface area (Å²) in [7, 11) is -4.83. The summed E-state index contributed by atoms with van der Waals surface area (Å²) in [6.07, 6.45) is 11.2. The molecular formula is C21H41NaO7S. The fourth-order valence-electron chi connectivity index (χ4n) is 2.86. The molecule has 0 aromatic heterocycles. The Morgan fingerprint density at radius 2 is 1.20 bits per heavy atom. The number of hydrogen-bond acceptors (Lipinski definition) is 6. The van der Waals surface area contributed by atoms with Gasteiger partial charge in [0.25, 0.3) is 10.1 Å². The third-order valence-corrected chi connectivity index (χ3v) is 6.42. The average molecular weight is 461 g/mol. The van der Waals surface area contributed by atoms with Crippen molar-refractivity contribution in [3.05, 3.63) is 0 Å². The minimum atomic E-state index is -4.83. The SMILES string of the molecule is CCCCCCCCOC(=O)CC(C)(C(=O)OCCCCCCCC)S(=O)(=O)O.[H-].[Na+]. The Hall–Kier alpha value is -0.150. The second-order valence-corrected chi connectivity index (χ2v) is 9.63. The van der Waals surface area contributed by atoms with Gasteiger partial charge in [0.05, 0.1) is 19.6 Å². The Labute approximate surface area is 206 Å². The summed E-state index contributed by atoms with van der Waals surface area (Å²) in [5.74, 6) is -1.96. The van der Waals surface area contributed by atoms with Gasteiger partial charge in [-0.1, -0.05) is 78.1 Å². The molecule has 0 bridgehead atoms. The van der Waals surface area contributed by atoms with Crippen LogP contribution in [-0.4, -0.2) is 42.9 Å². The first-order valence-electron chi connectivity index (χ1n) is 11.0. The monoisotopic (exact) mass is 460 g/mol. The van der Waals surface area contributed by atoms with E-state index < -0.39 is 33.2 Å². The van der Waals surface area contributed by atoms with Crippen LogP contribution in [0.5, 0.6) is 0 Å². The molecule has 9 heteroatoms. The maximum atomic E-state index is 12.3. The smallest absolute Gasteiger partial charge is 1.00 e. The van der Waals surface area contributed by atoms with Gasteiger partial charge in [-0.3, -0.25) is 14.1 Å². The van der Waals surface area contributed by atoms with Crippen LogP contribution in [0.15, 0.2) is 0 Å². The van der Waals surface area contributed by atoms with Gasteiger partial charge in [0.15, 0.2) is 0 Å². The van der Waals surface area contributed by atoms with E-state index in [-0.39, 0.29) is 44.2 Å². The predicted molar refractivity (Wildman–Crippen MR) is 114 cm³/mol. The van der Waals surface area contributed by atoms with Crippen LogP contribution in [0.25, 0.3) is 0 Å². The van der Waals surface area contributed by atoms with E-state index in [4.69, 9.17) is 9.47 Å². The van der Waals surface area contributed by atoms with Gasteiger partial charge in [-0.05, 0) is 19.8 Å². The summed E-state index contributed by atoms with van der Waals surface area (Å²) >= 11 is 0. The van der Waals surface area contributed by atoms with E-state index in [1.807, 2.05) is 0 Å². The summed E-state index contributed by atoms with van der Waals surface area (Å²) in [5, 5.41) is 0. The molecule has 0 radical (unpaired) electrons. The van der Waals surface area contributed by atoms with Crippen molar-refractivity contribution >= 4 is 22.1 Å². The third kappa shape index (κ3) is 14.0. The van der Waals surface area contributed by atoms with E-state index in [2.05, 4.69) is 13.8 Å². The number of carbonyl (C=O) groups is 2. The van der Waals surface area contributed by atoms with Crippen LogP contribution in [0.2, 0.25) is 0 Å². The van der Waals surface area contributed by atoms with Crippen LogP contribution in [-0.2, 0) is 29.2 Å². The van der Waals surface area contributed by atoms with Crippen LogP contribution >= 0.6 is 0 Å². The van der Waals surface area contributed by atoms with Crippen molar-refractivity contribution in [3.8, 4) is 0 Å². The molecule has 1 atom stereocenters. The third-order valence-electron chi connectivity index (χ3n) is 4.97. The van der Waals surface area contributed by atoms with Crippen molar-refractivity contribution in [3.63, 3.8) is 0 Å². The number of hydrogen-bond donors (Lipinski definition) is 1. The van der Waals surface area contributed by atoms with E-state index in [1.165, 1.54) is 6.42 Å². The Morgan fingerprint density at radius 1 is 0.800 bits per heavy atom. The van der Waals surface area contributed by atoms with Crippen molar-refractivity contribution < 1.29 is 63.0 Å². The summed E-state index contributed by atoms with van der Waals surface area (Å²) in [4.78, 5) is 24.3. The van der Waals surface area contributed by atoms with E-state index in [9.17, 15) is 22.6 Å². The molecule has 30 heavy (non-hydrogen) atoms. The molecular weight excluding hydrogens is 419 g/mol. The molecule has 0 aromatic carbocycles. The molecule has 0 amide bonds. The number of unbranched alkanes of at least 4 members (excludes halogenated alkanes) is 10. The first-order valence-corrected chi connectivity index (χ1v) is 12.4. The number of rotatable bonds is 18. The summed E-state index contributed by atoms with van der Waals surface area (Å²) in [5.41, 5.74) is 0. The number of carbonyl (C=O) groups excluding carboxylic acids is 2. The van der Waals surface area contributed by atoms with Gasteiger partial charge in [-0.25, -0.2) is 0 Å². The summed E-state index contributed by atoms with van der Waals surface area (Å²) in [6, 6.07) is 0. The molecule has 0 saturated carbocycles. The maximum absolute atomic E-state index is 12.3. The summed E-state index contributed by atoms with van der Waals surface area (Å²) < 4.78 is 40.8. The molecule has 0 spiro atoms. The Bertz CT molecular complexity index is 572. The first-order chi connectivity index (χ1) is 13.7. The van der Waals surface area contributed by atoms with Gasteiger partial charge in [0.2, 0.25) is 4.75 Å². The van der Waals surface area contributed by atoms with Crippen molar-refractivity contribution in [1.29, 1.82) is 0 Å². The van der Waals surface area contributed by atoms with Gasteiger partial charge in [-0.15, -0.1) is 0 Å². The second-order valence-electron chi connectivity index (χ2n) is 7.77. The maximum Gasteiger partial charge on any atom is 1.00 e. The first kappa shape index (κ1) is 32.0. The van der Waals surface area contributed by atoms with E-state index in [1.54, 1.807) is 0 Å². The van der Waals surface area contributed by atoms with Crippen molar-refractivity contribution in [2.75, 3.05) is 13.2 Å². The average Bonchev–Trinajstić information content (AvgIpc) is 2.65. The van der Waals surface area contributed by atoms with Crippen LogP contribution < -0.4 is 29.6 Å². The van der Waals surface area contributed by atoms with E-state index in [0.717, 1.165) is 64.7 Å². The van der Waals surface area contributed by atoms with Crippen LogP contribution in [0.1, 0.15) is 106 Å². The van der Waals surface area contributed by atoms with Crippen molar-refractivity contribution in [1.82, 2.24) is 0 Å². The Balaban J connectivity index is -0.00000392. The van der Waals surface area contributed by atoms with Crippen LogP contribution in [0, 0.1) is 0 Å². The number of ether oxygens (including phenoxy) is 2. The fraction of sp³-hybridized carbons (Fsp3) is 0.905. The Kier molecular flexibility index (Phi) is 19.7. The molecule has 7 nitrogen and oxygen atoms in total. The van der Waals surface area contributed by atoms with E-state index in [0.29, 0.717) is 12.8 Å². The molecule has 0 aliphatic rings. The predicted octanol–water partition coefficient (Wildman–Crippen LogP) is 1.95. The fourth-order valence-corrected chi connectivity index (χ4v) is 3.43. The van der Waals surface area contributed by atoms with Crippen molar-refractivity contribution in [2.24, 2.45) is 0 Å². The van der Waals surface area contributed by atoms with Crippen molar-refractivity contribution in [2.45, 2.75) is 109 Å². The topological polar surface area (TPSA) is 107 Å². The molecule has 0 aliphatic heterocycles. The van der Waals surface area contributed by atoms with Gasteiger partial charge >= 0.3 is 41.5 Å². The molecule has 0 saturated heterocycles. The van der Waals surface area contributed by atoms with Gasteiger partial charge in [0, 0.05) is 0 Å². The van der Waals surface area contributed by atoms with Gasteiger partial charge in [-0.2, -0.15) is 8.42 Å². The zero-order valence-electron chi connectivity index (χ0n) is 20.4. The second kappa shape index (κ2) is 18.4. The van der Waals surface area contributed by atoms with Crippen LogP contribution in [0.3, 0.4) is 0 Å². The quantitative estimate of drug-likeness (QED) is 0.144. The summed E-state index contributed by atoms with van der Waals surface area (Å²) in [6.45, 7) is 5.48. The zero-order valence-corrected chi connectivity index (χ0v) is 22.2. The molecule has 174 valence electrons. The molecule has 1 N–H and O–H groups in total. The van der Waals surface area contributed by atoms with Crippen LogP contribution in [0.4, 0.5) is 0 Å². The molecule has 0 aliphatic carbocycles. The molecule has 1 unspecified atom stereocenters. The normalized spacial score (nSPS) is 13.2. The van der Waals surface area contributed by atoms with E-state index >= 15 is 0 Å². The van der Waals surface area contributed by atoms with Gasteiger partial charge in [0.1, 0.15) is 0 Å². The minimum absolute atomic E-state index is 0.